The molecular weight excluding hydrogens is 398 g/mol. The Morgan fingerprint density at radius 2 is 2.00 bits per heavy atom. The Balaban J connectivity index is 1.60. The summed E-state index contributed by atoms with van der Waals surface area (Å²) in [6, 6.07) is 9.31. The van der Waals surface area contributed by atoms with E-state index in [2.05, 4.69) is 16.0 Å². The molecule has 1 aromatic carbocycles. The number of ether oxygens (including phenoxy) is 1. The van der Waals surface area contributed by atoms with E-state index in [0.717, 1.165) is 17.7 Å². The number of thiophene rings is 1. The number of carbonyl (C=O) groups excluding carboxylic acids is 1. The van der Waals surface area contributed by atoms with Gasteiger partial charge < -0.3 is 14.6 Å². The lowest BCUT2D eigenvalue weighted by Gasteiger charge is -2.21. The van der Waals surface area contributed by atoms with E-state index in [4.69, 9.17) is 4.74 Å². The number of rotatable bonds is 6. The quantitative estimate of drug-likeness (QED) is 0.649. The first-order valence-corrected chi connectivity index (χ1v) is 11.3. The molecule has 0 unspecified atom stereocenters. The van der Waals surface area contributed by atoms with Crippen LogP contribution >= 0.6 is 11.3 Å². The van der Waals surface area contributed by atoms with Gasteiger partial charge in [0.2, 0.25) is 0 Å². The molecule has 1 N–H and O–H groups in total. The topological polar surface area (TPSA) is 75.3 Å². The standard InChI is InChI=1S/C23H27N3O3S/c1-29-13-12-26(15-21-24-18-10-7-6-9-17(18)22(27)25-21)23(28)20-14-16-8-4-2-3-5-11-19(16)30-20/h6-7,9-10,14H,2-5,8,11-13,15H2,1H3,(H,24,25,27). The first kappa shape index (κ1) is 20.8. The molecular formula is C23H27N3O3S. The molecule has 0 aliphatic heterocycles. The molecule has 0 bridgehead atoms. The second kappa shape index (κ2) is 9.53. The summed E-state index contributed by atoms with van der Waals surface area (Å²) in [6.07, 6.45) is 7.02. The van der Waals surface area contributed by atoms with E-state index in [-0.39, 0.29) is 18.0 Å². The van der Waals surface area contributed by atoms with Gasteiger partial charge in [-0.25, -0.2) is 4.98 Å². The van der Waals surface area contributed by atoms with Gasteiger partial charge >= 0.3 is 0 Å². The zero-order chi connectivity index (χ0) is 20.9. The van der Waals surface area contributed by atoms with Crippen molar-refractivity contribution in [1.29, 1.82) is 0 Å². The number of fused-ring (bicyclic) bond motifs is 2. The van der Waals surface area contributed by atoms with Gasteiger partial charge in [-0.1, -0.05) is 25.0 Å². The summed E-state index contributed by atoms with van der Waals surface area (Å²) in [5.41, 5.74) is 1.77. The number of nitrogens with zero attached hydrogens (tertiary/aromatic N) is 2. The predicted octanol–water partition coefficient (Wildman–Crippen LogP) is 3.93. The Morgan fingerprint density at radius 1 is 1.20 bits per heavy atom. The molecule has 0 spiro atoms. The Labute approximate surface area is 179 Å². The molecule has 2 aromatic heterocycles. The maximum absolute atomic E-state index is 13.4. The van der Waals surface area contributed by atoms with Crippen LogP contribution in [-0.2, 0) is 24.1 Å². The van der Waals surface area contributed by atoms with Gasteiger partial charge in [-0.15, -0.1) is 11.3 Å². The van der Waals surface area contributed by atoms with Gasteiger partial charge in [0.25, 0.3) is 11.5 Å². The number of amides is 1. The number of aryl methyl sites for hydroxylation is 2. The number of hydrogen-bond donors (Lipinski definition) is 1. The van der Waals surface area contributed by atoms with Gasteiger partial charge in [0, 0.05) is 18.5 Å². The number of hydrogen-bond acceptors (Lipinski definition) is 5. The molecule has 0 atom stereocenters. The van der Waals surface area contributed by atoms with Crippen molar-refractivity contribution in [2.45, 2.75) is 45.1 Å². The van der Waals surface area contributed by atoms with Crippen molar-refractivity contribution in [3.63, 3.8) is 0 Å². The molecule has 0 saturated heterocycles. The molecule has 2 heterocycles. The summed E-state index contributed by atoms with van der Waals surface area (Å²) in [6.45, 7) is 1.11. The molecule has 30 heavy (non-hydrogen) atoms. The zero-order valence-electron chi connectivity index (χ0n) is 17.3. The third-order valence-electron chi connectivity index (χ3n) is 5.56. The van der Waals surface area contributed by atoms with Crippen LogP contribution in [0.25, 0.3) is 10.9 Å². The first-order valence-electron chi connectivity index (χ1n) is 10.5. The normalized spacial score (nSPS) is 14.2. The highest BCUT2D eigenvalue weighted by atomic mass is 32.1. The first-order chi connectivity index (χ1) is 14.7. The SMILES string of the molecule is COCCN(Cc1nc2ccccc2c(=O)[nH]1)C(=O)c1cc2c(s1)CCCCCC2. The lowest BCUT2D eigenvalue weighted by molar-refractivity contribution is 0.0680. The summed E-state index contributed by atoms with van der Waals surface area (Å²) < 4.78 is 5.22. The van der Waals surface area contributed by atoms with E-state index in [0.29, 0.717) is 29.9 Å². The van der Waals surface area contributed by atoms with Crippen LogP contribution in [-0.4, -0.2) is 41.0 Å². The average Bonchev–Trinajstić information content (AvgIpc) is 3.12. The van der Waals surface area contributed by atoms with Crippen LogP contribution in [0.4, 0.5) is 0 Å². The molecule has 1 amide bonds. The van der Waals surface area contributed by atoms with Crippen LogP contribution in [0, 0.1) is 0 Å². The molecule has 0 fully saturated rings. The smallest absolute Gasteiger partial charge is 0.264 e. The van der Waals surface area contributed by atoms with Crippen molar-refractivity contribution in [2.75, 3.05) is 20.3 Å². The van der Waals surface area contributed by atoms with E-state index in [9.17, 15) is 9.59 Å². The number of carbonyl (C=O) groups is 1. The minimum absolute atomic E-state index is 0.0281. The second-order valence-corrected chi connectivity index (χ2v) is 8.86. The van der Waals surface area contributed by atoms with Crippen molar-refractivity contribution in [3.8, 4) is 0 Å². The van der Waals surface area contributed by atoms with E-state index in [1.165, 1.54) is 36.1 Å². The Hall–Kier alpha value is -2.51. The Kier molecular flexibility index (Phi) is 6.59. The van der Waals surface area contributed by atoms with Crippen molar-refractivity contribution in [1.82, 2.24) is 14.9 Å². The van der Waals surface area contributed by atoms with Crippen LogP contribution < -0.4 is 5.56 Å². The summed E-state index contributed by atoms with van der Waals surface area (Å²) >= 11 is 1.62. The second-order valence-electron chi connectivity index (χ2n) is 7.72. The van der Waals surface area contributed by atoms with Gasteiger partial charge in [0.05, 0.1) is 28.9 Å². The van der Waals surface area contributed by atoms with Crippen LogP contribution in [0.15, 0.2) is 35.1 Å². The van der Waals surface area contributed by atoms with Crippen LogP contribution in [0.3, 0.4) is 0 Å². The monoisotopic (exact) mass is 425 g/mol. The average molecular weight is 426 g/mol. The van der Waals surface area contributed by atoms with E-state index >= 15 is 0 Å². The van der Waals surface area contributed by atoms with Crippen LogP contribution in [0.5, 0.6) is 0 Å². The summed E-state index contributed by atoms with van der Waals surface area (Å²) in [5.74, 6) is 0.456. The summed E-state index contributed by atoms with van der Waals surface area (Å²) in [7, 11) is 1.62. The number of methoxy groups -OCH3 is 1. The van der Waals surface area contributed by atoms with E-state index in [1.54, 1.807) is 29.4 Å². The predicted molar refractivity (Wildman–Crippen MR) is 119 cm³/mol. The Bertz CT molecular complexity index is 1060. The van der Waals surface area contributed by atoms with Crippen molar-refractivity contribution in [2.24, 2.45) is 0 Å². The lowest BCUT2D eigenvalue weighted by Crippen LogP contribution is -2.34. The van der Waals surface area contributed by atoms with Gasteiger partial charge in [-0.2, -0.15) is 0 Å². The highest BCUT2D eigenvalue weighted by Gasteiger charge is 2.22. The highest BCUT2D eigenvalue weighted by molar-refractivity contribution is 7.14. The van der Waals surface area contributed by atoms with E-state index < -0.39 is 0 Å². The molecule has 158 valence electrons. The number of H-pyrrole nitrogens is 1. The molecule has 0 saturated carbocycles. The molecule has 1 aliphatic carbocycles. The molecule has 0 radical (unpaired) electrons. The third kappa shape index (κ3) is 4.63. The number of aromatic amines is 1. The van der Waals surface area contributed by atoms with E-state index in [1.807, 2.05) is 18.2 Å². The third-order valence-corrected chi connectivity index (χ3v) is 6.79. The molecule has 6 nitrogen and oxygen atoms in total. The zero-order valence-corrected chi connectivity index (χ0v) is 18.1. The number of aromatic nitrogens is 2. The molecule has 1 aliphatic rings. The molecule has 7 heteroatoms. The minimum Gasteiger partial charge on any atom is -0.383 e. The Morgan fingerprint density at radius 3 is 2.83 bits per heavy atom. The number of benzene rings is 1. The van der Waals surface area contributed by atoms with Crippen molar-refractivity contribution >= 4 is 28.1 Å². The minimum atomic E-state index is -0.186. The number of nitrogens with one attached hydrogen (secondary N) is 1. The van der Waals surface area contributed by atoms with Gasteiger partial charge in [-0.05, 0) is 49.4 Å². The van der Waals surface area contributed by atoms with Gasteiger partial charge in [-0.3, -0.25) is 9.59 Å². The maximum atomic E-state index is 13.4. The highest BCUT2D eigenvalue weighted by Crippen LogP contribution is 2.29. The molecule has 3 aromatic rings. The van der Waals surface area contributed by atoms with Crippen LogP contribution in [0.2, 0.25) is 0 Å². The number of para-hydroxylation sites is 1. The maximum Gasteiger partial charge on any atom is 0.264 e. The fourth-order valence-corrected chi connectivity index (χ4v) is 5.17. The van der Waals surface area contributed by atoms with Crippen molar-refractivity contribution in [3.05, 3.63) is 61.8 Å². The van der Waals surface area contributed by atoms with Crippen LogP contribution in [0.1, 0.15) is 51.6 Å². The lowest BCUT2D eigenvalue weighted by atomic mass is 10.00. The fourth-order valence-electron chi connectivity index (χ4n) is 3.95. The summed E-state index contributed by atoms with van der Waals surface area (Å²) in [5, 5.41) is 0.550. The fraction of sp³-hybridized carbons (Fsp3) is 0.435. The van der Waals surface area contributed by atoms with Crippen molar-refractivity contribution < 1.29 is 9.53 Å². The van der Waals surface area contributed by atoms with Gasteiger partial charge in [0.15, 0.2) is 0 Å². The molecule has 4 rings (SSSR count). The van der Waals surface area contributed by atoms with Gasteiger partial charge in [0.1, 0.15) is 5.82 Å². The largest absolute Gasteiger partial charge is 0.383 e. The summed E-state index contributed by atoms with van der Waals surface area (Å²) in [4.78, 5) is 37.0.